The Morgan fingerprint density at radius 2 is 1.28 bits per heavy atom. The third kappa shape index (κ3) is 3.06. The fraction of sp³-hybridized carbons (Fsp3) is 0.0500. The van der Waals surface area contributed by atoms with Crippen molar-refractivity contribution in [2.75, 3.05) is 0 Å². The van der Waals surface area contributed by atoms with Crippen LogP contribution in [0.15, 0.2) is 81.7 Å². The van der Waals surface area contributed by atoms with Crippen LogP contribution in [0.2, 0.25) is 0 Å². The summed E-state index contributed by atoms with van der Waals surface area (Å²) in [5, 5.41) is 12.5. The summed E-state index contributed by atoms with van der Waals surface area (Å²) in [5.41, 5.74) is 1.18. The van der Waals surface area contributed by atoms with E-state index in [4.69, 9.17) is 4.98 Å². The standard InChI is InChI=1S/C20H13Br2NOS/c21-15-9-5-13(6-10-15)20(24,14-7-11-16(22)12-8-14)19-23-17-3-1-2-4-18(17)25-19/h1-12,24H. The van der Waals surface area contributed by atoms with Crippen molar-refractivity contribution < 1.29 is 5.11 Å². The molecule has 0 atom stereocenters. The first kappa shape index (κ1) is 16.9. The van der Waals surface area contributed by atoms with E-state index in [2.05, 4.69) is 31.9 Å². The molecular formula is C20H13Br2NOS. The number of hydrogen-bond acceptors (Lipinski definition) is 3. The second kappa shape index (κ2) is 6.65. The minimum absolute atomic E-state index is 0.665. The van der Waals surface area contributed by atoms with E-state index in [0.717, 1.165) is 30.3 Å². The van der Waals surface area contributed by atoms with Crippen LogP contribution in [0, 0.1) is 0 Å². The van der Waals surface area contributed by atoms with Crippen molar-refractivity contribution in [2.45, 2.75) is 5.60 Å². The maximum Gasteiger partial charge on any atom is 0.166 e. The summed E-state index contributed by atoms with van der Waals surface area (Å²) in [5.74, 6) is 0. The van der Waals surface area contributed by atoms with Crippen LogP contribution in [0.5, 0.6) is 0 Å². The third-order valence-electron chi connectivity index (χ3n) is 4.13. The quantitative estimate of drug-likeness (QED) is 0.388. The van der Waals surface area contributed by atoms with Crippen molar-refractivity contribution in [2.24, 2.45) is 0 Å². The van der Waals surface area contributed by atoms with Crippen molar-refractivity contribution in [3.63, 3.8) is 0 Å². The average Bonchev–Trinajstić information content (AvgIpc) is 3.07. The number of rotatable bonds is 3. The van der Waals surface area contributed by atoms with Crippen LogP contribution in [0.3, 0.4) is 0 Å². The Bertz CT molecular complexity index is 947. The molecule has 25 heavy (non-hydrogen) atoms. The normalized spacial score (nSPS) is 11.8. The largest absolute Gasteiger partial charge is 0.374 e. The lowest BCUT2D eigenvalue weighted by molar-refractivity contribution is 0.125. The summed E-state index contributed by atoms with van der Waals surface area (Å²) in [6.07, 6.45) is 0. The number of aromatic nitrogens is 1. The van der Waals surface area contributed by atoms with Gasteiger partial charge in [0.1, 0.15) is 5.01 Å². The molecule has 1 heterocycles. The molecule has 0 fully saturated rings. The number of halogens is 2. The van der Waals surface area contributed by atoms with Gasteiger partial charge in [0.15, 0.2) is 5.60 Å². The zero-order chi connectivity index (χ0) is 17.4. The van der Waals surface area contributed by atoms with Gasteiger partial charge in [-0.25, -0.2) is 4.98 Å². The second-order valence-electron chi connectivity index (χ2n) is 5.71. The molecule has 0 aliphatic rings. The second-order valence-corrected chi connectivity index (χ2v) is 8.57. The van der Waals surface area contributed by atoms with Gasteiger partial charge in [0.05, 0.1) is 10.2 Å². The zero-order valence-corrected chi connectivity index (χ0v) is 17.0. The topological polar surface area (TPSA) is 33.1 Å². The molecule has 0 saturated heterocycles. The maximum atomic E-state index is 11.8. The van der Waals surface area contributed by atoms with E-state index in [-0.39, 0.29) is 0 Å². The number of aliphatic hydroxyl groups is 1. The van der Waals surface area contributed by atoms with Gasteiger partial charge in [-0.1, -0.05) is 68.3 Å². The van der Waals surface area contributed by atoms with Crippen LogP contribution in [-0.4, -0.2) is 10.1 Å². The van der Waals surface area contributed by atoms with Crippen molar-refractivity contribution >= 4 is 53.4 Å². The number of benzene rings is 3. The fourth-order valence-electron chi connectivity index (χ4n) is 2.82. The Kier molecular flexibility index (Phi) is 4.50. The van der Waals surface area contributed by atoms with Crippen molar-refractivity contribution in [1.82, 2.24) is 4.98 Å². The molecule has 0 unspecified atom stereocenters. The predicted molar refractivity (Wildman–Crippen MR) is 110 cm³/mol. The minimum Gasteiger partial charge on any atom is -0.374 e. The van der Waals surface area contributed by atoms with Gasteiger partial charge >= 0.3 is 0 Å². The van der Waals surface area contributed by atoms with E-state index in [1.807, 2.05) is 72.8 Å². The molecule has 4 aromatic rings. The minimum atomic E-state index is -1.30. The molecule has 1 aromatic heterocycles. The van der Waals surface area contributed by atoms with E-state index in [1.165, 1.54) is 11.3 Å². The molecule has 2 nitrogen and oxygen atoms in total. The summed E-state index contributed by atoms with van der Waals surface area (Å²) in [7, 11) is 0. The van der Waals surface area contributed by atoms with E-state index in [9.17, 15) is 5.11 Å². The van der Waals surface area contributed by atoms with Crippen LogP contribution in [0.25, 0.3) is 10.2 Å². The number of hydrogen-bond donors (Lipinski definition) is 1. The van der Waals surface area contributed by atoms with Crippen molar-refractivity contribution in [3.8, 4) is 0 Å². The van der Waals surface area contributed by atoms with Gasteiger partial charge in [-0.15, -0.1) is 11.3 Å². The van der Waals surface area contributed by atoms with Gasteiger partial charge in [0.2, 0.25) is 0 Å². The molecule has 0 spiro atoms. The van der Waals surface area contributed by atoms with Gasteiger partial charge in [-0.3, -0.25) is 0 Å². The highest BCUT2D eigenvalue weighted by Gasteiger charge is 2.37. The molecule has 0 aliphatic heterocycles. The molecule has 124 valence electrons. The summed E-state index contributed by atoms with van der Waals surface area (Å²) < 4.78 is 3.00. The Morgan fingerprint density at radius 3 is 1.80 bits per heavy atom. The van der Waals surface area contributed by atoms with E-state index in [1.54, 1.807) is 0 Å². The van der Waals surface area contributed by atoms with Gasteiger partial charge in [0, 0.05) is 8.95 Å². The Morgan fingerprint density at radius 1 is 0.760 bits per heavy atom. The van der Waals surface area contributed by atoms with Gasteiger partial charge in [-0.2, -0.15) is 0 Å². The first-order valence-electron chi connectivity index (χ1n) is 7.68. The monoisotopic (exact) mass is 473 g/mol. The number of thiazole rings is 1. The van der Waals surface area contributed by atoms with E-state index in [0.29, 0.717) is 5.01 Å². The molecule has 0 aliphatic carbocycles. The summed E-state index contributed by atoms with van der Waals surface area (Å²) in [6.45, 7) is 0. The third-order valence-corrected chi connectivity index (χ3v) is 6.33. The molecular weight excluding hydrogens is 462 g/mol. The highest BCUT2D eigenvalue weighted by molar-refractivity contribution is 9.10. The highest BCUT2D eigenvalue weighted by atomic mass is 79.9. The molecule has 4 rings (SSSR count). The van der Waals surface area contributed by atoms with Crippen LogP contribution < -0.4 is 0 Å². The van der Waals surface area contributed by atoms with Crippen molar-refractivity contribution in [3.05, 3.63) is 97.9 Å². The molecule has 0 saturated carbocycles. The fourth-order valence-corrected chi connectivity index (χ4v) is 4.45. The smallest absolute Gasteiger partial charge is 0.166 e. The zero-order valence-electron chi connectivity index (χ0n) is 13.0. The predicted octanol–water partition coefficient (Wildman–Crippen LogP) is 6.11. The van der Waals surface area contributed by atoms with Gasteiger partial charge in [0.25, 0.3) is 0 Å². The van der Waals surface area contributed by atoms with Gasteiger partial charge in [-0.05, 0) is 47.5 Å². The first-order chi connectivity index (χ1) is 12.1. The van der Waals surface area contributed by atoms with Crippen LogP contribution in [0.4, 0.5) is 0 Å². The number of para-hydroxylation sites is 1. The number of nitrogens with zero attached hydrogens (tertiary/aromatic N) is 1. The Labute approximate surface area is 166 Å². The highest BCUT2D eigenvalue weighted by Crippen LogP contribution is 2.40. The SMILES string of the molecule is OC(c1ccc(Br)cc1)(c1ccc(Br)cc1)c1nc2ccccc2s1. The van der Waals surface area contributed by atoms with Crippen LogP contribution in [-0.2, 0) is 5.60 Å². The van der Waals surface area contributed by atoms with Crippen LogP contribution >= 0.6 is 43.2 Å². The van der Waals surface area contributed by atoms with Crippen molar-refractivity contribution in [1.29, 1.82) is 0 Å². The molecule has 5 heteroatoms. The maximum absolute atomic E-state index is 11.8. The lowest BCUT2D eigenvalue weighted by Crippen LogP contribution is -2.28. The summed E-state index contributed by atoms with van der Waals surface area (Å²) in [6, 6.07) is 23.4. The lowest BCUT2D eigenvalue weighted by atomic mass is 9.87. The van der Waals surface area contributed by atoms with Gasteiger partial charge < -0.3 is 5.11 Å². The molecule has 3 aromatic carbocycles. The first-order valence-corrected chi connectivity index (χ1v) is 10.1. The van der Waals surface area contributed by atoms with Crippen LogP contribution in [0.1, 0.15) is 16.1 Å². The Hall–Kier alpha value is -1.53. The molecule has 1 N–H and O–H groups in total. The Balaban J connectivity index is 1.97. The molecule has 0 bridgehead atoms. The molecule has 0 radical (unpaired) electrons. The average molecular weight is 475 g/mol. The molecule has 0 amide bonds. The van der Waals surface area contributed by atoms with E-state index < -0.39 is 5.60 Å². The lowest BCUT2D eigenvalue weighted by Gasteiger charge is -2.27. The summed E-state index contributed by atoms with van der Waals surface area (Å²) >= 11 is 8.44. The van der Waals surface area contributed by atoms with E-state index >= 15 is 0 Å². The number of fused-ring (bicyclic) bond motifs is 1. The summed E-state index contributed by atoms with van der Waals surface area (Å²) in [4.78, 5) is 4.73.